The lowest BCUT2D eigenvalue weighted by Crippen LogP contribution is -2.04. The maximum Gasteiger partial charge on any atom is 0.360 e. The second-order valence-corrected chi connectivity index (χ2v) is 4.65. The minimum absolute atomic E-state index is 0.211. The van der Waals surface area contributed by atoms with Crippen molar-refractivity contribution in [2.45, 2.75) is 25.7 Å². The van der Waals surface area contributed by atoms with Crippen molar-refractivity contribution in [2.24, 2.45) is 0 Å². The zero-order valence-corrected chi connectivity index (χ0v) is 10.8. The van der Waals surface area contributed by atoms with Gasteiger partial charge in [-0.1, -0.05) is 12.1 Å². The van der Waals surface area contributed by atoms with E-state index in [0.717, 1.165) is 11.5 Å². The van der Waals surface area contributed by atoms with Gasteiger partial charge in [0.2, 0.25) is 5.89 Å². The molecular weight excluding hydrogens is 242 g/mol. The molecule has 0 N–H and O–H groups in total. The number of hydrogen-bond acceptors (Lipinski definition) is 4. The van der Waals surface area contributed by atoms with Gasteiger partial charge in [-0.2, -0.15) is 0 Å². The SMILES string of the molecule is CCOC(=O)c1coc(-c2ccc(C3CC3)cc2)n1. The molecule has 0 atom stereocenters. The monoisotopic (exact) mass is 257 g/mol. The quantitative estimate of drug-likeness (QED) is 0.788. The molecule has 1 aliphatic rings. The number of ether oxygens (including phenoxy) is 1. The molecule has 1 aromatic carbocycles. The van der Waals surface area contributed by atoms with Gasteiger partial charge in [0.25, 0.3) is 0 Å². The lowest BCUT2D eigenvalue weighted by molar-refractivity contribution is 0.0519. The van der Waals surface area contributed by atoms with Crippen molar-refractivity contribution in [2.75, 3.05) is 6.61 Å². The van der Waals surface area contributed by atoms with Gasteiger partial charge in [0.15, 0.2) is 5.69 Å². The number of benzene rings is 1. The van der Waals surface area contributed by atoms with E-state index in [2.05, 4.69) is 17.1 Å². The molecule has 19 heavy (non-hydrogen) atoms. The Kier molecular flexibility index (Phi) is 3.07. The summed E-state index contributed by atoms with van der Waals surface area (Å²) >= 11 is 0. The summed E-state index contributed by atoms with van der Waals surface area (Å²) in [5.74, 6) is 0.728. The van der Waals surface area contributed by atoms with Crippen LogP contribution in [0.5, 0.6) is 0 Å². The first kappa shape index (κ1) is 12.0. The fourth-order valence-electron chi connectivity index (χ4n) is 2.02. The van der Waals surface area contributed by atoms with E-state index in [0.29, 0.717) is 12.5 Å². The van der Waals surface area contributed by atoms with Crippen LogP contribution in [0.3, 0.4) is 0 Å². The first-order valence-corrected chi connectivity index (χ1v) is 6.51. The molecule has 1 aromatic heterocycles. The molecule has 1 fully saturated rings. The fraction of sp³-hybridized carbons (Fsp3) is 0.333. The predicted molar refractivity (Wildman–Crippen MR) is 69.9 cm³/mol. The van der Waals surface area contributed by atoms with Crippen molar-refractivity contribution in [3.05, 3.63) is 41.8 Å². The summed E-state index contributed by atoms with van der Waals surface area (Å²) in [7, 11) is 0. The highest BCUT2D eigenvalue weighted by Gasteiger charge is 2.23. The van der Waals surface area contributed by atoms with Gasteiger partial charge in [-0.15, -0.1) is 0 Å². The number of carbonyl (C=O) groups is 1. The van der Waals surface area contributed by atoms with E-state index < -0.39 is 5.97 Å². The minimum atomic E-state index is -0.452. The number of oxazole rings is 1. The van der Waals surface area contributed by atoms with Crippen molar-refractivity contribution < 1.29 is 13.9 Å². The number of carbonyl (C=O) groups excluding carboxylic acids is 1. The number of nitrogens with zero attached hydrogens (tertiary/aromatic N) is 1. The van der Waals surface area contributed by atoms with Gasteiger partial charge >= 0.3 is 5.97 Å². The molecule has 1 saturated carbocycles. The van der Waals surface area contributed by atoms with E-state index in [1.165, 1.54) is 24.7 Å². The molecule has 0 aliphatic heterocycles. The zero-order chi connectivity index (χ0) is 13.2. The van der Waals surface area contributed by atoms with Crippen molar-refractivity contribution >= 4 is 5.97 Å². The van der Waals surface area contributed by atoms with Crippen LogP contribution in [-0.2, 0) is 4.74 Å². The van der Waals surface area contributed by atoms with Gasteiger partial charge in [0.1, 0.15) is 6.26 Å². The lowest BCUT2D eigenvalue weighted by atomic mass is 10.1. The van der Waals surface area contributed by atoms with Gasteiger partial charge in [-0.3, -0.25) is 0 Å². The summed E-state index contributed by atoms with van der Waals surface area (Å²) in [6, 6.07) is 8.16. The number of aromatic nitrogens is 1. The van der Waals surface area contributed by atoms with E-state index in [-0.39, 0.29) is 5.69 Å². The topological polar surface area (TPSA) is 52.3 Å². The van der Waals surface area contributed by atoms with Gasteiger partial charge in [-0.05, 0) is 43.4 Å². The highest BCUT2D eigenvalue weighted by Crippen LogP contribution is 2.40. The van der Waals surface area contributed by atoms with Crippen LogP contribution in [0.25, 0.3) is 11.5 Å². The molecular formula is C15H15NO3. The van der Waals surface area contributed by atoms with Crippen molar-refractivity contribution in [1.29, 1.82) is 0 Å². The van der Waals surface area contributed by atoms with Gasteiger partial charge in [0, 0.05) is 5.56 Å². The molecule has 0 spiro atoms. The number of rotatable bonds is 4. The maximum absolute atomic E-state index is 11.5. The van der Waals surface area contributed by atoms with E-state index in [4.69, 9.17) is 9.15 Å². The average Bonchev–Trinajstić information content (AvgIpc) is 3.16. The third kappa shape index (κ3) is 2.52. The summed E-state index contributed by atoms with van der Waals surface area (Å²) in [4.78, 5) is 15.6. The minimum Gasteiger partial charge on any atom is -0.461 e. The van der Waals surface area contributed by atoms with Crippen LogP contribution in [-0.4, -0.2) is 17.6 Å². The van der Waals surface area contributed by atoms with E-state index in [9.17, 15) is 4.79 Å². The first-order chi connectivity index (χ1) is 9.28. The molecule has 98 valence electrons. The Hall–Kier alpha value is -2.10. The number of esters is 1. The molecule has 0 radical (unpaired) electrons. The third-order valence-electron chi connectivity index (χ3n) is 3.20. The largest absolute Gasteiger partial charge is 0.461 e. The second kappa shape index (κ2) is 4.88. The smallest absolute Gasteiger partial charge is 0.360 e. The fourth-order valence-corrected chi connectivity index (χ4v) is 2.02. The molecule has 2 aromatic rings. The lowest BCUT2D eigenvalue weighted by Gasteiger charge is -1.99. The van der Waals surface area contributed by atoms with Crippen LogP contribution in [0.15, 0.2) is 34.9 Å². The van der Waals surface area contributed by atoms with Crippen molar-refractivity contribution in [1.82, 2.24) is 4.98 Å². The summed E-state index contributed by atoms with van der Waals surface area (Å²) in [5, 5.41) is 0. The van der Waals surface area contributed by atoms with Gasteiger partial charge in [0.05, 0.1) is 6.61 Å². The summed E-state index contributed by atoms with van der Waals surface area (Å²) in [6.07, 6.45) is 3.90. The Morgan fingerprint density at radius 1 is 1.37 bits per heavy atom. The molecule has 4 heteroatoms. The van der Waals surface area contributed by atoms with Crippen LogP contribution in [0.1, 0.15) is 41.7 Å². The Balaban J connectivity index is 1.79. The summed E-state index contributed by atoms with van der Waals surface area (Å²) < 4.78 is 10.2. The van der Waals surface area contributed by atoms with E-state index in [1.54, 1.807) is 6.92 Å². The van der Waals surface area contributed by atoms with Crippen LogP contribution >= 0.6 is 0 Å². The third-order valence-corrected chi connectivity index (χ3v) is 3.20. The Bertz CT molecular complexity index is 582. The molecule has 4 nitrogen and oxygen atoms in total. The Morgan fingerprint density at radius 3 is 2.74 bits per heavy atom. The summed E-state index contributed by atoms with van der Waals surface area (Å²) in [5.41, 5.74) is 2.45. The van der Waals surface area contributed by atoms with Crippen molar-refractivity contribution in [3.63, 3.8) is 0 Å². The van der Waals surface area contributed by atoms with Crippen LogP contribution in [0.2, 0.25) is 0 Å². The highest BCUT2D eigenvalue weighted by atomic mass is 16.5. The average molecular weight is 257 g/mol. The van der Waals surface area contributed by atoms with Crippen LogP contribution in [0.4, 0.5) is 0 Å². The molecule has 0 saturated heterocycles. The molecule has 0 unspecified atom stereocenters. The zero-order valence-electron chi connectivity index (χ0n) is 10.8. The molecule has 0 amide bonds. The molecule has 1 aliphatic carbocycles. The Morgan fingerprint density at radius 2 is 2.11 bits per heavy atom. The van der Waals surface area contributed by atoms with E-state index in [1.807, 2.05) is 12.1 Å². The maximum atomic E-state index is 11.5. The standard InChI is InChI=1S/C15H15NO3/c1-2-18-15(17)13-9-19-14(16-13)12-7-5-11(6-8-12)10-3-4-10/h5-10H,2-4H2,1H3. The normalized spacial score (nSPS) is 14.4. The number of hydrogen-bond donors (Lipinski definition) is 0. The van der Waals surface area contributed by atoms with Gasteiger partial charge in [-0.25, -0.2) is 9.78 Å². The molecule has 0 bridgehead atoms. The molecule has 1 heterocycles. The van der Waals surface area contributed by atoms with Crippen molar-refractivity contribution in [3.8, 4) is 11.5 Å². The predicted octanol–water partition coefficient (Wildman–Crippen LogP) is 3.40. The second-order valence-electron chi connectivity index (χ2n) is 4.65. The van der Waals surface area contributed by atoms with Crippen LogP contribution < -0.4 is 0 Å². The van der Waals surface area contributed by atoms with Gasteiger partial charge < -0.3 is 9.15 Å². The highest BCUT2D eigenvalue weighted by molar-refractivity contribution is 5.87. The van der Waals surface area contributed by atoms with E-state index >= 15 is 0 Å². The van der Waals surface area contributed by atoms with Crippen LogP contribution in [0, 0.1) is 0 Å². The summed E-state index contributed by atoms with van der Waals surface area (Å²) in [6.45, 7) is 2.09. The first-order valence-electron chi connectivity index (χ1n) is 6.51. The molecule has 3 rings (SSSR count). The Labute approximate surface area is 111 Å².